The van der Waals surface area contributed by atoms with Crippen LogP contribution in [-0.2, 0) is 14.4 Å². The molecule has 0 fully saturated rings. The van der Waals surface area contributed by atoms with Gasteiger partial charge in [0.2, 0.25) is 0 Å². The van der Waals surface area contributed by atoms with Crippen LogP contribution in [0.15, 0.2) is 0 Å². The number of hydrogen-bond acceptors (Lipinski definition) is 3. The van der Waals surface area contributed by atoms with Crippen molar-refractivity contribution in [1.82, 2.24) is 0 Å². The summed E-state index contributed by atoms with van der Waals surface area (Å²) < 4.78 is 0. The summed E-state index contributed by atoms with van der Waals surface area (Å²) in [5.41, 5.74) is 0. The van der Waals surface area contributed by atoms with E-state index in [1.165, 1.54) is 0 Å². The Kier molecular flexibility index (Phi) is 17.0. The molecule has 0 saturated carbocycles. The fourth-order valence-corrected chi connectivity index (χ4v) is 0. The van der Waals surface area contributed by atoms with Crippen molar-refractivity contribution in [3.05, 3.63) is 0 Å². The van der Waals surface area contributed by atoms with Crippen LogP contribution in [-0.4, -0.2) is 33.2 Å². The standard InChI is InChI=1S/3C2H4O2/c3*1-2(3)4/h3*1H3,(H,3,4). The second-order valence-electron chi connectivity index (χ2n) is 1.56. The Labute approximate surface area is 69.4 Å². The van der Waals surface area contributed by atoms with Crippen LogP contribution in [0.25, 0.3) is 0 Å². The van der Waals surface area contributed by atoms with E-state index in [2.05, 4.69) is 0 Å². The molecular formula is C6H12O6. The number of carbonyl (C=O) groups is 3. The maximum atomic E-state index is 9.00. The van der Waals surface area contributed by atoms with E-state index in [9.17, 15) is 0 Å². The van der Waals surface area contributed by atoms with Crippen molar-refractivity contribution in [2.24, 2.45) is 0 Å². The van der Waals surface area contributed by atoms with Crippen LogP contribution in [0.1, 0.15) is 20.8 Å². The van der Waals surface area contributed by atoms with E-state index < -0.39 is 17.9 Å². The number of carboxylic acid groups (broad SMARTS) is 3. The molecule has 3 N–H and O–H groups in total. The molecule has 72 valence electrons. The molecule has 0 aliphatic rings. The topological polar surface area (TPSA) is 112 Å². The molecule has 0 rings (SSSR count). The molecule has 0 aromatic carbocycles. The Morgan fingerprint density at radius 3 is 0.667 bits per heavy atom. The van der Waals surface area contributed by atoms with Crippen LogP contribution in [0.2, 0.25) is 0 Å². The highest BCUT2D eigenvalue weighted by Gasteiger charge is 1.66. The van der Waals surface area contributed by atoms with Gasteiger partial charge in [-0.15, -0.1) is 0 Å². The summed E-state index contributed by atoms with van der Waals surface area (Å²) in [5.74, 6) is -2.50. The first kappa shape index (κ1) is 16.8. The average Bonchev–Trinajstić information content (AvgIpc) is 1.54. The quantitative estimate of drug-likeness (QED) is 0.493. The van der Waals surface area contributed by atoms with Crippen LogP contribution in [0, 0.1) is 0 Å². The van der Waals surface area contributed by atoms with E-state index in [0.29, 0.717) is 0 Å². The maximum absolute atomic E-state index is 9.00. The van der Waals surface area contributed by atoms with Crippen LogP contribution >= 0.6 is 0 Å². The zero-order valence-corrected chi connectivity index (χ0v) is 7.07. The molecule has 0 radical (unpaired) electrons. The fraction of sp³-hybridized carbons (Fsp3) is 0.500. The van der Waals surface area contributed by atoms with Gasteiger partial charge in [0.25, 0.3) is 17.9 Å². The van der Waals surface area contributed by atoms with Crippen LogP contribution in [0.3, 0.4) is 0 Å². The van der Waals surface area contributed by atoms with E-state index in [1.807, 2.05) is 0 Å². The van der Waals surface area contributed by atoms with Gasteiger partial charge in [-0.2, -0.15) is 0 Å². The third-order valence-electron chi connectivity index (χ3n) is 0. The minimum Gasteiger partial charge on any atom is -0.481 e. The highest BCUT2D eigenvalue weighted by molar-refractivity contribution is 5.63. The van der Waals surface area contributed by atoms with Gasteiger partial charge < -0.3 is 15.3 Å². The molecule has 0 amide bonds. The summed E-state index contributed by atoms with van der Waals surface area (Å²) in [6.07, 6.45) is 0. The molecular weight excluding hydrogens is 168 g/mol. The predicted octanol–water partition coefficient (Wildman–Crippen LogP) is 0.273. The van der Waals surface area contributed by atoms with Crippen molar-refractivity contribution >= 4 is 17.9 Å². The van der Waals surface area contributed by atoms with E-state index in [0.717, 1.165) is 20.8 Å². The predicted molar refractivity (Wildman–Crippen MR) is 39.9 cm³/mol. The SMILES string of the molecule is CC(=O)O.CC(=O)O.CC(=O)O. The van der Waals surface area contributed by atoms with Crippen molar-refractivity contribution in [3.8, 4) is 0 Å². The molecule has 6 heteroatoms. The van der Waals surface area contributed by atoms with E-state index in [4.69, 9.17) is 29.7 Å². The van der Waals surface area contributed by atoms with Gasteiger partial charge in [0, 0.05) is 20.8 Å². The molecule has 0 aliphatic heterocycles. The first-order valence-corrected chi connectivity index (χ1v) is 2.78. The summed E-state index contributed by atoms with van der Waals surface area (Å²) in [6.45, 7) is 3.25. The molecule has 0 bridgehead atoms. The van der Waals surface area contributed by atoms with Gasteiger partial charge in [-0.25, -0.2) is 0 Å². The zero-order chi connectivity index (χ0) is 10.7. The van der Waals surface area contributed by atoms with Gasteiger partial charge in [0.05, 0.1) is 0 Å². The second kappa shape index (κ2) is 12.1. The lowest BCUT2D eigenvalue weighted by atomic mass is 10.9. The molecule has 0 spiro atoms. The fourth-order valence-electron chi connectivity index (χ4n) is 0. The average molecular weight is 180 g/mol. The van der Waals surface area contributed by atoms with Crippen LogP contribution < -0.4 is 0 Å². The second-order valence-corrected chi connectivity index (χ2v) is 1.56. The Balaban J connectivity index is -0.000000101. The number of rotatable bonds is 0. The molecule has 0 aliphatic carbocycles. The van der Waals surface area contributed by atoms with Gasteiger partial charge in [0.15, 0.2) is 0 Å². The number of hydrogen-bond donors (Lipinski definition) is 3. The third-order valence-corrected chi connectivity index (χ3v) is 0. The van der Waals surface area contributed by atoms with Gasteiger partial charge in [-0.05, 0) is 0 Å². The minimum atomic E-state index is -0.833. The van der Waals surface area contributed by atoms with Crippen molar-refractivity contribution in [3.63, 3.8) is 0 Å². The van der Waals surface area contributed by atoms with Crippen LogP contribution in [0.5, 0.6) is 0 Å². The van der Waals surface area contributed by atoms with Gasteiger partial charge in [0.1, 0.15) is 0 Å². The largest absolute Gasteiger partial charge is 0.481 e. The first-order valence-electron chi connectivity index (χ1n) is 2.78. The van der Waals surface area contributed by atoms with Gasteiger partial charge in [-0.3, -0.25) is 14.4 Å². The lowest BCUT2D eigenvalue weighted by Gasteiger charge is -1.59. The number of aliphatic carboxylic acids is 3. The lowest BCUT2D eigenvalue weighted by molar-refractivity contribution is -0.135. The van der Waals surface area contributed by atoms with Gasteiger partial charge >= 0.3 is 0 Å². The minimum absolute atomic E-state index is 0.833. The van der Waals surface area contributed by atoms with Gasteiger partial charge in [-0.1, -0.05) is 0 Å². The summed E-state index contributed by atoms with van der Waals surface area (Å²) in [6, 6.07) is 0. The molecule has 0 unspecified atom stereocenters. The highest BCUT2D eigenvalue weighted by atomic mass is 16.4. The first-order chi connectivity index (χ1) is 5.20. The molecule has 0 aromatic heterocycles. The number of carboxylic acids is 3. The Hall–Kier alpha value is -1.59. The monoisotopic (exact) mass is 180 g/mol. The van der Waals surface area contributed by atoms with E-state index in [-0.39, 0.29) is 0 Å². The maximum Gasteiger partial charge on any atom is 0.300 e. The Bertz CT molecular complexity index is 110. The zero-order valence-electron chi connectivity index (χ0n) is 7.07. The lowest BCUT2D eigenvalue weighted by Crippen LogP contribution is -1.78. The van der Waals surface area contributed by atoms with Crippen molar-refractivity contribution in [2.75, 3.05) is 0 Å². The van der Waals surface area contributed by atoms with Crippen LogP contribution in [0.4, 0.5) is 0 Å². The van der Waals surface area contributed by atoms with Crippen molar-refractivity contribution in [1.29, 1.82) is 0 Å². The smallest absolute Gasteiger partial charge is 0.300 e. The third kappa shape index (κ3) is 183. The Morgan fingerprint density at radius 2 is 0.667 bits per heavy atom. The summed E-state index contributed by atoms with van der Waals surface area (Å²) in [4.78, 5) is 27.0. The summed E-state index contributed by atoms with van der Waals surface area (Å²) in [5, 5.41) is 22.2. The normalized spacial score (nSPS) is 6.25. The molecule has 0 heterocycles. The summed E-state index contributed by atoms with van der Waals surface area (Å²) >= 11 is 0. The molecule has 12 heavy (non-hydrogen) atoms. The molecule has 0 saturated heterocycles. The molecule has 6 nitrogen and oxygen atoms in total. The Morgan fingerprint density at radius 1 is 0.667 bits per heavy atom. The summed E-state index contributed by atoms with van der Waals surface area (Å²) in [7, 11) is 0. The van der Waals surface area contributed by atoms with Crippen molar-refractivity contribution in [2.45, 2.75) is 20.8 Å². The van der Waals surface area contributed by atoms with E-state index in [1.54, 1.807) is 0 Å². The van der Waals surface area contributed by atoms with Crippen molar-refractivity contribution < 1.29 is 29.7 Å². The van der Waals surface area contributed by atoms with E-state index >= 15 is 0 Å². The molecule has 0 atom stereocenters. The highest BCUT2D eigenvalue weighted by Crippen LogP contribution is 1.42. The molecule has 0 aromatic rings.